The quantitative estimate of drug-likeness (QED) is 0.836. The van der Waals surface area contributed by atoms with Crippen molar-refractivity contribution in [3.8, 4) is 18.1 Å². The van der Waals surface area contributed by atoms with Crippen LogP contribution in [0.3, 0.4) is 0 Å². The second-order valence-electron chi connectivity index (χ2n) is 5.08. The Morgan fingerprint density at radius 1 is 1.43 bits per heavy atom. The van der Waals surface area contributed by atoms with Crippen molar-refractivity contribution >= 4 is 11.8 Å². The van der Waals surface area contributed by atoms with Gasteiger partial charge in [0, 0.05) is 18.8 Å². The van der Waals surface area contributed by atoms with Crippen molar-refractivity contribution in [2.24, 2.45) is 0 Å². The minimum absolute atomic E-state index is 0.448. The lowest BCUT2D eigenvalue weighted by Crippen LogP contribution is -2.49. The average molecular weight is 288 g/mol. The minimum atomic E-state index is -0.887. The Balaban J connectivity index is 2.02. The molecule has 1 amide bonds. The summed E-state index contributed by atoms with van der Waals surface area (Å²) in [7, 11) is 0. The molecule has 1 aliphatic heterocycles. The molecule has 1 aromatic carbocycles. The summed E-state index contributed by atoms with van der Waals surface area (Å²) in [6, 6.07) is 7.63. The molecule has 1 aliphatic rings. The summed E-state index contributed by atoms with van der Waals surface area (Å²) in [4.78, 5) is 12.3. The third-order valence-electron chi connectivity index (χ3n) is 3.71. The number of piperidine rings is 1. The van der Waals surface area contributed by atoms with Crippen LogP contribution in [0.2, 0.25) is 0 Å². The Labute approximate surface area is 124 Å². The molecule has 2 rings (SSSR count). The number of carbonyl (C=O) groups is 1. The van der Waals surface area contributed by atoms with Gasteiger partial charge < -0.3 is 20.1 Å². The van der Waals surface area contributed by atoms with E-state index >= 15 is 0 Å². The molecule has 5 nitrogen and oxygen atoms in total. The van der Waals surface area contributed by atoms with Crippen LogP contribution in [0, 0.1) is 12.3 Å². The lowest BCUT2D eigenvalue weighted by molar-refractivity contribution is 0.128. The SMILES string of the molecule is C#CC1(Nc2ccc(OCC)cc2)CCN(C(=O)O)CC1. The van der Waals surface area contributed by atoms with Crippen LogP contribution in [0.5, 0.6) is 5.75 Å². The minimum Gasteiger partial charge on any atom is -0.494 e. The van der Waals surface area contributed by atoms with Gasteiger partial charge in [0.25, 0.3) is 0 Å². The largest absolute Gasteiger partial charge is 0.494 e. The van der Waals surface area contributed by atoms with Crippen molar-refractivity contribution in [2.45, 2.75) is 25.3 Å². The topological polar surface area (TPSA) is 61.8 Å². The van der Waals surface area contributed by atoms with E-state index in [0.717, 1.165) is 11.4 Å². The lowest BCUT2D eigenvalue weighted by Gasteiger charge is -2.38. The fraction of sp³-hybridized carbons (Fsp3) is 0.438. The fourth-order valence-corrected chi connectivity index (χ4v) is 2.46. The van der Waals surface area contributed by atoms with Crippen LogP contribution in [0.15, 0.2) is 24.3 Å². The smallest absolute Gasteiger partial charge is 0.407 e. The molecular formula is C16H20N2O3. The third-order valence-corrected chi connectivity index (χ3v) is 3.71. The molecule has 2 N–H and O–H groups in total. The maximum Gasteiger partial charge on any atom is 0.407 e. The van der Waals surface area contributed by atoms with Crippen molar-refractivity contribution in [1.29, 1.82) is 0 Å². The van der Waals surface area contributed by atoms with Gasteiger partial charge >= 0.3 is 6.09 Å². The number of carboxylic acid groups (broad SMARTS) is 1. The molecule has 0 atom stereocenters. The predicted molar refractivity (Wildman–Crippen MR) is 81.6 cm³/mol. The Hall–Kier alpha value is -2.35. The number of benzene rings is 1. The van der Waals surface area contributed by atoms with E-state index in [-0.39, 0.29) is 0 Å². The molecular weight excluding hydrogens is 268 g/mol. The number of anilines is 1. The zero-order valence-corrected chi connectivity index (χ0v) is 12.1. The molecule has 0 bridgehead atoms. The van der Waals surface area contributed by atoms with Crippen LogP contribution < -0.4 is 10.1 Å². The number of rotatable bonds is 4. The molecule has 0 aromatic heterocycles. The molecule has 1 aromatic rings. The highest BCUT2D eigenvalue weighted by Crippen LogP contribution is 2.27. The van der Waals surface area contributed by atoms with Gasteiger partial charge in [0.15, 0.2) is 0 Å². The van der Waals surface area contributed by atoms with Crippen molar-refractivity contribution in [1.82, 2.24) is 4.90 Å². The molecule has 112 valence electrons. The maximum atomic E-state index is 11.0. The number of nitrogens with zero attached hydrogens (tertiary/aromatic N) is 1. The highest BCUT2D eigenvalue weighted by Gasteiger charge is 2.34. The van der Waals surface area contributed by atoms with Crippen LogP contribution in [-0.2, 0) is 0 Å². The first kappa shape index (κ1) is 15.0. The molecule has 1 fully saturated rings. The second-order valence-corrected chi connectivity index (χ2v) is 5.08. The number of hydrogen-bond donors (Lipinski definition) is 2. The van der Waals surface area contributed by atoms with Crippen LogP contribution in [0.4, 0.5) is 10.5 Å². The fourth-order valence-electron chi connectivity index (χ4n) is 2.46. The van der Waals surface area contributed by atoms with Gasteiger partial charge in [0.1, 0.15) is 11.3 Å². The average Bonchev–Trinajstić information content (AvgIpc) is 2.50. The maximum absolute atomic E-state index is 11.0. The number of terminal acetylenes is 1. The van der Waals surface area contributed by atoms with Gasteiger partial charge in [-0.1, -0.05) is 5.92 Å². The molecule has 0 radical (unpaired) electrons. The van der Waals surface area contributed by atoms with Crippen LogP contribution in [0.25, 0.3) is 0 Å². The zero-order valence-electron chi connectivity index (χ0n) is 12.1. The predicted octanol–water partition coefficient (Wildman–Crippen LogP) is 2.64. The zero-order chi connectivity index (χ0) is 15.3. The molecule has 1 saturated heterocycles. The van der Waals surface area contributed by atoms with Gasteiger partial charge in [-0.15, -0.1) is 6.42 Å². The van der Waals surface area contributed by atoms with Crippen LogP contribution >= 0.6 is 0 Å². The summed E-state index contributed by atoms with van der Waals surface area (Å²) in [5.74, 6) is 3.62. The van der Waals surface area contributed by atoms with E-state index < -0.39 is 11.6 Å². The first-order chi connectivity index (χ1) is 10.1. The third kappa shape index (κ3) is 3.60. The molecule has 0 saturated carbocycles. The molecule has 5 heteroatoms. The number of likely N-dealkylation sites (tertiary alicyclic amines) is 1. The molecule has 0 spiro atoms. The normalized spacial score (nSPS) is 16.9. The van der Waals surface area contributed by atoms with E-state index in [9.17, 15) is 4.79 Å². The standard InChI is InChI=1S/C16H20N2O3/c1-3-16(9-11-18(12-10-16)15(19)20)17-13-5-7-14(8-6-13)21-4-2/h1,5-8,17H,4,9-12H2,2H3,(H,19,20). The van der Waals surface area contributed by atoms with E-state index in [1.807, 2.05) is 31.2 Å². The summed E-state index contributed by atoms with van der Waals surface area (Å²) >= 11 is 0. The lowest BCUT2D eigenvalue weighted by atomic mass is 9.88. The van der Waals surface area contributed by atoms with Crippen LogP contribution in [-0.4, -0.2) is 41.3 Å². The molecule has 0 unspecified atom stereocenters. The van der Waals surface area contributed by atoms with Gasteiger partial charge in [0.2, 0.25) is 0 Å². The van der Waals surface area contributed by atoms with Crippen LogP contribution in [0.1, 0.15) is 19.8 Å². The van der Waals surface area contributed by atoms with Crippen molar-refractivity contribution in [3.05, 3.63) is 24.3 Å². The van der Waals surface area contributed by atoms with E-state index in [4.69, 9.17) is 16.3 Å². The number of amides is 1. The Morgan fingerprint density at radius 3 is 2.52 bits per heavy atom. The number of nitrogens with one attached hydrogen (secondary N) is 1. The van der Waals surface area contributed by atoms with E-state index in [1.165, 1.54) is 4.90 Å². The van der Waals surface area contributed by atoms with E-state index in [1.54, 1.807) is 0 Å². The Bertz CT molecular complexity index is 525. The van der Waals surface area contributed by atoms with Gasteiger partial charge in [-0.05, 0) is 44.0 Å². The Morgan fingerprint density at radius 2 is 2.05 bits per heavy atom. The molecule has 1 heterocycles. The summed E-state index contributed by atoms with van der Waals surface area (Å²) in [6.07, 6.45) is 6.00. The van der Waals surface area contributed by atoms with Gasteiger partial charge in [-0.25, -0.2) is 4.79 Å². The van der Waals surface area contributed by atoms with Gasteiger partial charge in [-0.3, -0.25) is 0 Å². The molecule has 0 aliphatic carbocycles. The monoisotopic (exact) mass is 288 g/mol. The molecule has 21 heavy (non-hydrogen) atoms. The van der Waals surface area contributed by atoms with E-state index in [0.29, 0.717) is 32.5 Å². The number of ether oxygens (including phenoxy) is 1. The summed E-state index contributed by atoms with van der Waals surface area (Å²) in [5, 5.41) is 12.4. The first-order valence-corrected chi connectivity index (χ1v) is 7.05. The van der Waals surface area contributed by atoms with Crippen molar-refractivity contribution in [3.63, 3.8) is 0 Å². The number of hydrogen-bond acceptors (Lipinski definition) is 3. The second kappa shape index (κ2) is 6.40. The van der Waals surface area contributed by atoms with Gasteiger partial charge in [0.05, 0.1) is 6.61 Å². The van der Waals surface area contributed by atoms with Crippen molar-refractivity contribution in [2.75, 3.05) is 25.0 Å². The summed E-state index contributed by atoms with van der Waals surface area (Å²) in [6.45, 7) is 3.47. The van der Waals surface area contributed by atoms with E-state index in [2.05, 4.69) is 11.2 Å². The summed E-state index contributed by atoms with van der Waals surface area (Å²) < 4.78 is 5.40. The Kier molecular flexibility index (Phi) is 4.59. The highest BCUT2D eigenvalue weighted by molar-refractivity contribution is 5.65. The summed E-state index contributed by atoms with van der Waals surface area (Å²) in [5.41, 5.74) is 0.430. The highest BCUT2D eigenvalue weighted by atomic mass is 16.5. The first-order valence-electron chi connectivity index (χ1n) is 7.05. The van der Waals surface area contributed by atoms with Gasteiger partial charge in [-0.2, -0.15) is 0 Å². The van der Waals surface area contributed by atoms with Crippen molar-refractivity contribution < 1.29 is 14.6 Å².